The summed E-state index contributed by atoms with van der Waals surface area (Å²) in [6.07, 6.45) is 2.91. The Morgan fingerprint density at radius 3 is 2.33 bits per heavy atom. The molecule has 3 heterocycles. The van der Waals surface area contributed by atoms with E-state index in [0.29, 0.717) is 38.2 Å². The molecule has 0 aromatic heterocycles. The van der Waals surface area contributed by atoms with Crippen LogP contribution in [0.2, 0.25) is 0 Å². The van der Waals surface area contributed by atoms with Crippen LogP contribution in [-0.2, 0) is 35.1 Å². The molecule has 11 nitrogen and oxygen atoms in total. The number of anilines is 1. The van der Waals surface area contributed by atoms with Gasteiger partial charge in [-0.3, -0.25) is 14.8 Å². The first-order valence-corrected chi connectivity index (χ1v) is 14.8. The zero-order valence-electron chi connectivity index (χ0n) is 23.8. The standard InChI is InChI=1S/C31H41N3O8/c35-21-22-8-10-23(11-9-22)27-19-26(20-34-14-12-31(13-15-34)39-16-17-40-31)41-30(42-27)24-4-3-5-25(18-24)32-28(36)6-1-2-7-29(37)33-38/h3-5,8-11,18,26-27,30,35,38H,1-2,6-7,12-17,19-21H2,(H,32,36)(H,33,37). The average Bonchev–Trinajstić information content (AvgIpc) is 3.48. The second kappa shape index (κ2) is 14.5. The minimum absolute atomic E-state index is 0.0133. The SMILES string of the molecule is O=C(CCCCC(=O)Nc1cccc(C2OC(CN3CCC4(CC3)OCCO4)CC(c3ccc(CO)cc3)O2)c1)NO. The third kappa shape index (κ3) is 8.13. The summed E-state index contributed by atoms with van der Waals surface area (Å²) in [5.41, 5.74) is 4.91. The number of aliphatic hydroxyl groups is 1. The maximum atomic E-state index is 12.5. The molecule has 5 rings (SSSR count). The predicted molar refractivity (Wildman–Crippen MR) is 152 cm³/mol. The zero-order valence-corrected chi connectivity index (χ0v) is 23.8. The molecule has 3 atom stereocenters. The highest BCUT2D eigenvalue weighted by molar-refractivity contribution is 5.90. The molecule has 4 N–H and O–H groups in total. The Kier molecular flexibility index (Phi) is 10.6. The van der Waals surface area contributed by atoms with Crippen molar-refractivity contribution in [1.29, 1.82) is 0 Å². The number of ether oxygens (including phenoxy) is 4. The van der Waals surface area contributed by atoms with E-state index in [1.54, 1.807) is 5.48 Å². The highest BCUT2D eigenvalue weighted by atomic mass is 16.7. The Morgan fingerprint density at radius 2 is 1.64 bits per heavy atom. The van der Waals surface area contributed by atoms with Crippen LogP contribution in [0.3, 0.4) is 0 Å². The molecule has 0 saturated carbocycles. The van der Waals surface area contributed by atoms with E-state index in [9.17, 15) is 14.7 Å². The van der Waals surface area contributed by atoms with Crippen LogP contribution < -0.4 is 10.8 Å². The van der Waals surface area contributed by atoms with E-state index < -0.39 is 18.0 Å². The van der Waals surface area contributed by atoms with Gasteiger partial charge in [-0.05, 0) is 36.1 Å². The molecule has 3 fully saturated rings. The molecule has 2 aromatic rings. The van der Waals surface area contributed by atoms with Gasteiger partial charge in [0.2, 0.25) is 11.8 Å². The van der Waals surface area contributed by atoms with Gasteiger partial charge in [-0.1, -0.05) is 36.4 Å². The van der Waals surface area contributed by atoms with Crippen molar-refractivity contribution >= 4 is 17.5 Å². The third-order valence-electron chi connectivity index (χ3n) is 8.13. The van der Waals surface area contributed by atoms with Gasteiger partial charge in [-0.25, -0.2) is 5.48 Å². The Bertz CT molecular complexity index is 1180. The lowest BCUT2D eigenvalue weighted by Crippen LogP contribution is -2.48. The normalized spacial score (nSPS) is 24.0. The van der Waals surface area contributed by atoms with Crippen molar-refractivity contribution in [3.8, 4) is 0 Å². The fourth-order valence-electron chi connectivity index (χ4n) is 5.80. The monoisotopic (exact) mass is 583 g/mol. The van der Waals surface area contributed by atoms with Gasteiger partial charge in [-0.2, -0.15) is 0 Å². The first-order chi connectivity index (χ1) is 20.4. The van der Waals surface area contributed by atoms with Crippen LogP contribution >= 0.6 is 0 Å². The maximum absolute atomic E-state index is 12.5. The summed E-state index contributed by atoms with van der Waals surface area (Å²) in [5, 5.41) is 21.0. The molecule has 0 radical (unpaired) electrons. The molecule has 42 heavy (non-hydrogen) atoms. The Hall–Kier alpha value is -2.90. The molecule has 2 amide bonds. The molecule has 0 bridgehead atoms. The first kappa shape index (κ1) is 30.6. The molecular formula is C31H41N3O8. The van der Waals surface area contributed by atoms with Crippen LogP contribution in [0.4, 0.5) is 5.69 Å². The number of amides is 2. The van der Waals surface area contributed by atoms with E-state index in [2.05, 4.69) is 10.2 Å². The van der Waals surface area contributed by atoms with Gasteiger partial charge in [0.15, 0.2) is 12.1 Å². The number of hydroxylamine groups is 1. The van der Waals surface area contributed by atoms with Gasteiger partial charge < -0.3 is 34.3 Å². The summed E-state index contributed by atoms with van der Waals surface area (Å²) in [6, 6.07) is 15.3. The second-order valence-electron chi connectivity index (χ2n) is 11.2. The maximum Gasteiger partial charge on any atom is 0.243 e. The number of unbranched alkanes of at least 4 members (excludes halogenated alkanes) is 1. The highest BCUT2D eigenvalue weighted by Crippen LogP contribution is 2.39. The second-order valence-corrected chi connectivity index (χ2v) is 11.2. The van der Waals surface area contributed by atoms with Gasteiger partial charge in [-0.15, -0.1) is 0 Å². The summed E-state index contributed by atoms with van der Waals surface area (Å²) in [6.45, 7) is 3.79. The predicted octanol–water partition coefficient (Wildman–Crippen LogP) is 3.57. The van der Waals surface area contributed by atoms with Gasteiger partial charge in [0, 0.05) is 63.0 Å². The Labute approximate surface area is 246 Å². The number of aliphatic hydroxyl groups excluding tert-OH is 1. The molecule has 1 spiro atoms. The number of rotatable bonds is 11. The number of benzene rings is 2. The smallest absolute Gasteiger partial charge is 0.243 e. The lowest BCUT2D eigenvalue weighted by molar-refractivity contribution is -0.255. The van der Waals surface area contributed by atoms with E-state index in [-0.39, 0.29) is 37.6 Å². The lowest BCUT2D eigenvalue weighted by atomic mass is 9.98. The summed E-state index contributed by atoms with van der Waals surface area (Å²) >= 11 is 0. The number of carbonyl (C=O) groups excluding carboxylic acids is 2. The first-order valence-electron chi connectivity index (χ1n) is 14.8. The molecule has 3 saturated heterocycles. The van der Waals surface area contributed by atoms with Crippen molar-refractivity contribution in [2.45, 2.75) is 75.8 Å². The van der Waals surface area contributed by atoms with E-state index in [1.165, 1.54) is 0 Å². The summed E-state index contributed by atoms with van der Waals surface area (Å²) in [4.78, 5) is 26.1. The topological polar surface area (TPSA) is 139 Å². The fraction of sp³-hybridized carbons (Fsp3) is 0.548. The van der Waals surface area contributed by atoms with Crippen LogP contribution in [0.1, 0.15) is 74.0 Å². The number of hydrogen-bond donors (Lipinski definition) is 4. The number of nitrogens with zero attached hydrogens (tertiary/aromatic N) is 1. The third-order valence-corrected chi connectivity index (χ3v) is 8.13. The van der Waals surface area contributed by atoms with Crippen LogP contribution in [0.25, 0.3) is 0 Å². The largest absolute Gasteiger partial charge is 0.392 e. The van der Waals surface area contributed by atoms with E-state index in [1.807, 2.05) is 48.5 Å². The highest BCUT2D eigenvalue weighted by Gasteiger charge is 2.41. The van der Waals surface area contributed by atoms with Gasteiger partial charge in [0.25, 0.3) is 0 Å². The Balaban J connectivity index is 1.24. The lowest BCUT2D eigenvalue weighted by Gasteiger charge is -2.41. The minimum Gasteiger partial charge on any atom is -0.392 e. The molecule has 11 heteroatoms. The van der Waals surface area contributed by atoms with Crippen molar-refractivity contribution in [1.82, 2.24) is 10.4 Å². The quantitative estimate of drug-likeness (QED) is 0.178. The van der Waals surface area contributed by atoms with Crippen molar-refractivity contribution in [2.24, 2.45) is 0 Å². The van der Waals surface area contributed by atoms with E-state index >= 15 is 0 Å². The van der Waals surface area contributed by atoms with E-state index in [0.717, 1.165) is 49.2 Å². The van der Waals surface area contributed by atoms with Crippen LogP contribution in [0, 0.1) is 0 Å². The minimum atomic E-state index is -0.627. The van der Waals surface area contributed by atoms with Gasteiger partial charge in [0.05, 0.1) is 32.0 Å². The van der Waals surface area contributed by atoms with Gasteiger partial charge in [0.1, 0.15) is 0 Å². The zero-order chi connectivity index (χ0) is 29.4. The summed E-state index contributed by atoms with van der Waals surface area (Å²) < 4.78 is 24.8. The number of carbonyl (C=O) groups is 2. The number of nitrogens with one attached hydrogen (secondary N) is 2. The van der Waals surface area contributed by atoms with Crippen LogP contribution in [-0.4, -0.2) is 71.8 Å². The van der Waals surface area contributed by atoms with Gasteiger partial charge >= 0.3 is 0 Å². The van der Waals surface area contributed by atoms with Crippen molar-refractivity contribution in [2.75, 3.05) is 38.2 Å². The van der Waals surface area contributed by atoms with Crippen molar-refractivity contribution in [3.05, 3.63) is 65.2 Å². The average molecular weight is 584 g/mol. The van der Waals surface area contributed by atoms with Crippen LogP contribution in [0.15, 0.2) is 48.5 Å². The molecule has 3 aliphatic heterocycles. The summed E-state index contributed by atoms with van der Waals surface area (Å²) in [7, 11) is 0. The number of hydrogen-bond acceptors (Lipinski definition) is 9. The van der Waals surface area contributed by atoms with Crippen molar-refractivity contribution in [3.63, 3.8) is 0 Å². The molecule has 3 unspecified atom stereocenters. The van der Waals surface area contributed by atoms with Crippen LogP contribution in [0.5, 0.6) is 0 Å². The number of likely N-dealkylation sites (tertiary alicyclic amines) is 1. The molecule has 2 aromatic carbocycles. The van der Waals surface area contributed by atoms with E-state index in [4.69, 9.17) is 24.2 Å². The Morgan fingerprint density at radius 1 is 0.929 bits per heavy atom. The number of piperidine rings is 1. The molecular weight excluding hydrogens is 542 g/mol. The van der Waals surface area contributed by atoms with Crippen molar-refractivity contribution < 1.29 is 38.9 Å². The molecule has 3 aliphatic rings. The summed E-state index contributed by atoms with van der Waals surface area (Å²) in [5.74, 6) is -1.04. The fourth-order valence-corrected chi connectivity index (χ4v) is 5.80. The molecule has 0 aliphatic carbocycles. The molecule has 228 valence electrons.